The Hall–Kier alpha value is -1.16. The minimum Gasteiger partial charge on any atom is -0.317 e. The van der Waals surface area contributed by atoms with Gasteiger partial charge < -0.3 is 5.32 Å². The zero-order chi connectivity index (χ0) is 11.4. The van der Waals surface area contributed by atoms with Crippen molar-refractivity contribution in [1.29, 1.82) is 0 Å². The summed E-state index contributed by atoms with van der Waals surface area (Å²) in [4.78, 5) is 11.5. The van der Waals surface area contributed by atoms with Gasteiger partial charge in [-0.15, -0.1) is 0 Å². The van der Waals surface area contributed by atoms with Crippen LogP contribution in [0.2, 0.25) is 0 Å². The third kappa shape index (κ3) is 2.50. The molecule has 1 aliphatic rings. The maximum atomic E-state index is 11.5. The molecule has 1 N–H and O–H groups in total. The predicted molar refractivity (Wildman–Crippen MR) is 63.3 cm³/mol. The van der Waals surface area contributed by atoms with Crippen molar-refractivity contribution < 1.29 is 0 Å². The molecule has 88 valence electrons. The van der Waals surface area contributed by atoms with Crippen LogP contribution in [0.4, 0.5) is 0 Å². The minimum atomic E-state index is 0.00139. The molecule has 16 heavy (non-hydrogen) atoms. The Morgan fingerprint density at radius 1 is 1.56 bits per heavy atom. The first-order valence-corrected chi connectivity index (χ1v) is 6.00. The highest BCUT2D eigenvalue weighted by Gasteiger charge is 2.25. The number of hydrogen-bond donors (Lipinski definition) is 1. The van der Waals surface area contributed by atoms with Crippen molar-refractivity contribution in [3.63, 3.8) is 0 Å². The molecule has 0 spiro atoms. The second-order valence-electron chi connectivity index (χ2n) is 4.46. The van der Waals surface area contributed by atoms with Crippen molar-refractivity contribution >= 4 is 0 Å². The van der Waals surface area contributed by atoms with Crippen LogP contribution in [0.3, 0.4) is 0 Å². The van der Waals surface area contributed by atoms with Gasteiger partial charge in [0.25, 0.3) is 5.56 Å². The number of aromatic nitrogens is 2. The lowest BCUT2D eigenvalue weighted by atomic mass is 10.00. The molecule has 2 unspecified atom stereocenters. The summed E-state index contributed by atoms with van der Waals surface area (Å²) in [5.74, 6) is 0.693. The topological polar surface area (TPSA) is 46.9 Å². The average molecular weight is 221 g/mol. The number of nitrogens with zero attached hydrogens (tertiary/aromatic N) is 2. The van der Waals surface area contributed by atoms with E-state index in [1.807, 2.05) is 7.05 Å². The molecule has 0 aromatic carbocycles. The second-order valence-corrected chi connectivity index (χ2v) is 4.46. The molecule has 0 radical (unpaired) electrons. The van der Waals surface area contributed by atoms with E-state index in [4.69, 9.17) is 0 Å². The summed E-state index contributed by atoms with van der Waals surface area (Å²) in [6.45, 7) is 0.739. The minimum absolute atomic E-state index is 0.00139. The summed E-state index contributed by atoms with van der Waals surface area (Å²) < 4.78 is 1.56. The van der Waals surface area contributed by atoms with E-state index in [0.29, 0.717) is 12.0 Å². The quantitative estimate of drug-likeness (QED) is 0.825. The number of hydrogen-bond acceptors (Lipinski definition) is 3. The summed E-state index contributed by atoms with van der Waals surface area (Å²) in [5.41, 5.74) is 0.00139. The van der Waals surface area contributed by atoms with Crippen molar-refractivity contribution in [3.8, 4) is 0 Å². The molecule has 1 aromatic rings. The SMILES string of the molecule is CNC1CCCC1CCn1ncccc1=O. The smallest absolute Gasteiger partial charge is 0.266 e. The van der Waals surface area contributed by atoms with E-state index >= 15 is 0 Å². The normalized spacial score (nSPS) is 24.8. The van der Waals surface area contributed by atoms with Crippen molar-refractivity contribution in [2.24, 2.45) is 5.92 Å². The van der Waals surface area contributed by atoms with Gasteiger partial charge in [0, 0.05) is 24.8 Å². The first-order chi connectivity index (χ1) is 7.81. The molecule has 0 bridgehead atoms. The van der Waals surface area contributed by atoms with E-state index in [1.165, 1.54) is 19.3 Å². The lowest BCUT2D eigenvalue weighted by Crippen LogP contribution is -2.31. The fourth-order valence-corrected chi connectivity index (χ4v) is 2.61. The van der Waals surface area contributed by atoms with Gasteiger partial charge in [-0.25, -0.2) is 4.68 Å². The molecule has 0 amide bonds. The maximum Gasteiger partial charge on any atom is 0.266 e. The fraction of sp³-hybridized carbons (Fsp3) is 0.667. The third-order valence-electron chi connectivity index (χ3n) is 3.53. The predicted octanol–water partition coefficient (Wildman–Crippen LogP) is 1.02. The molecule has 0 aliphatic heterocycles. The highest BCUT2D eigenvalue weighted by molar-refractivity contribution is 4.86. The average Bonchev–Trinajstić information content (AvgIpc) is 2.75. The van der Waals surface area contributed by atoms with Crippen molar-refractivity contribution in [3.05, 3.63) is 28.7 Å². The van der Waals surface area contributed by atoms with Gasteiger partial charge in [-0.05, 0) is 38.3 Å². The Morgan fingerprint density at radius 2 is 2.44 bits per heavy atom. The van der Waals surface area contributed by atoms with Gasteiger partial charge in [-0.2, -0.15) is 5.10 Å². The van der Waals surface area contributed by atoms with Gasteiger partial charge in [0.05, 0.1) is 0 Å². The van der Waals surface area contributed by atoms with E-state index in [0.717, 1.165) is 13.0 Å². The maximum absolute atomic E-state index is 11.5. The molecule has 1 fully saturated rings. The molecule has 0 saturated heterocycles. The number of nitrogens with one attached hydrogen (secondary N) is 1. The van der Waals surface area contributed by atoms with Crippen LogP contribution in [0.15, 0.2) is 23.1 Å². The highest BCUT2D eigenvalue weighted by atomic mass is 16.1. The molecular weight excluding hydrogens is 202 g/mol. The summed E-state index contributed by atoms with van der Waals surface area (Å²) in [6, 6.07) is 3.88. The van der Waals surface area contributed by atoms with Gasteiger partial charge in [-0.3, -0.25) is 4.79 Å². The Kier molecular flexibility index (Phi) is 3.72. The van der Waals surface area contributed by atoms with E-state index < -0.39 is 0 Å². The third-order valence-corrected chi connectivity index (χ3v) is 3.53. The summed E-state index contributed by atoms with van der Waals surface area (Å²) in [5, 5.41) is 7.43. The highest BCUT2D eigenvalue weighted by Crippen LogP contribution is 2.28. The Balaban J connectivity index is 1.92. The second kappa shape index (κ2) is 5.25. The number of aryl methyl sites for hydroxylation is 1. The standard InChI is InChI=1S/C12H19N3O/c1-13-11-5-2-4-10(11)7-9-15-12(16)6-3-8-14-15/h3,6,8,10-11,13H,2,4-5,7,9H2,1H3. The first kappa shape index (κ1) is 11.3. The zero-order valence-electron chi connectivity index (χ0n) is 9.72. The van der Waals surface area contributed by atoms with Gasteiger partial charge >= 0.3 is 0 Å². The van der Waals surface area contributed by atoms with Crippen LogP contribution in [0.1, 0.15) is 25.7 Å². The van der Waals surface area contributed by atoms with E-state index in [2.05, 4.69) is 10.4 Å². The summed E-state index contributed by atoms with van der Waals surface area (Å²) >= 11 is 0. The van der Waals surface area contributed by atoms with Crippen LogP contribution in [-0.4, -0.2) is 22.9 Å². The van der Waals surface area contributed by atoms with Crippen LogP contribution in [-0.2, 0) is 6.54 Å². The van der Waals surface area contributed by atoms with Crippen LogP contribution in [0.5, 0.6) is 0 Å². The monoisotopic (exact) mass is 221 g/mol. The van der Waals surface area contributed by atoms with Gasteiger partial charge in [0.15, 0.2) is 0 Å². The van der Waals surface area contributed by atoms with Crippen LogP contribution in [0, 0.1) is 5.92 Å². The van der Waals surface area contributed by atoms with Crippen LogP contribution >= 0.6 is 0 Å². The molecule has 1 saturated carbocycles. The zero-order valence-corrected chi connectivity index (χ0v) is 9.72. The lowest BCUT2D eigenvalue weighted by molar-refractivity contribution is 0.365. The van der Waals surface area contributed by atoms with Gasteiger partial charge in [-0.1, -0.05) is 6.42 Å². The van der Waals surface area contributed by atoms with Gasteiger partial charge in [0.1, 0.15) is 0 Å². The Morgan fingerprint density at radius 3 is 3.19 bits per heavy atom. The fourth-order valence-electron chi connectivity index (χ4n) is 2.61. The molecule has 4 nitrogen and oxygen atoms in total. The summed E-state index contributed by atoms with van der Waals surface area (Å²) in [7, 11) is 2.02. The van der Waals surface area contributed by atoms with E-state index in [-0.39, 0.29) is 5.56 Å². The van der Waals surface area contributed by atoms with E-state index in [9.17, 15) is 4.79 Å². The van der Waals surface area contributed by atoms with Crippen LogP contribution < -0.4 is 10.9 Å². The van der Waals surface area contributed by atoms with Crippen molar-refractivity contribution in [2.45, 2.75) is 38.3 Å². The molecule has 1 heterocycles. The van der Waals surface area contributed by atoms with E-state index in [1.54, 1.807) is 23.0 Å². The molecule has 1 aliphatic carbocycles. The molecular formula is C12H19N3O. The summed E-state index contributed by atoms with van der Waals surface area (Å²) in [6.07, 6.45) is 6.55. The Bertz CT molecular complexity index is 388. The molecule has 2 rings (SSSR count). The first-order valence-electron chi connectivity index (χ1n) is 6.00. The van der Waals surface area contributed by atoms with Gasteiger partial charge in [0.2, 0.25) is 0 Å². The molecule has 4 heteroatoms. The number of rotatable bonds is 4. The van der Waals surface area contributed by atoms with Crippen LogP contribution in [0.25, 0.3) is 0 Å². The van der Waals surface area contributed by atoms with Crippen molar-refractivity contribution in [2.75, 3.05) is 7.05 Å². The lowest BCUT2D eigenvalue weighted by Gasteiger charge is -2.18. The van der Waals surface area contributed by atoms with Crippen molar-refractivity contribution in [1.82, 2.24) is 15.1 Å². The Labute approximate surface area is 95.7 Å². The molecule has 1 aromatic heterocycles. The largest absolute Gasteiger partial charge is 0.317 e. The molecule has 2 atom stereocenters.